The molecule has 32 heavy (non-hydrogen) atoms. The van der Waals surface area contributed by atoms with Crippen molar-refractivity contribution in [2.75, 3.05) is 6.61 Å². The molecule has 8 heteroatoms. The third kappa shape index (κ3) is 2.58. The number of rotatable bonds is 4. The number of halogens is 1. The predicted octanol–water partition coefficient (Wildman–Crippen LogP) is 4.85. The van der Waals surface area contributed by atoms with Crippen molar-refractivity contribution < 1.29 is 14.2 Å². The number of benzene rings is 2. The Morgan fingerprint density at radius 1 is 1.03 bits per heavy atom. The lowest BCUT2D eigenvalue weighted by molar-refractivity contribution is -0.288. The zero-order chi connectivity index (χ0) is 23.1. The molecule has 0 radical (unpaired) electrons. The van der Waals surface area contributed by atoms with Gasteiger partial charge in [-0.2, -0.15) is 15.8 Å². The highest BCUT2D eigenvalue weighted by molar-refractivity contribution is 6.30. The number of nitriles is 3. The Hall–Kier alpha value is -3.57. The van der Waals surface area contributed by atoms with Crippen LogP contribution in [-0.2, 0) is 15.3 Å². The van der Waals surface area contributed by atoms with Crippen LogP contribution in [0.4, 0.5) is 0 Å². The Morgan fingerprint density at radius 2 is 1.66 bits per heavy atom. The summed E-state index contributed by atoms with van der Waals surface area (Å²) in [6, 6.07) is 19.7. The van der Waals surface area contributed by atoms with Gasteiger partial charge in [-0.05, 0) is 36.8 Å². The van der Waals surface area contributed by atoms with Crippen molar-refractivity contribution >= 4 is 17.5 Å². The first-order valence-electron chi connectivity index (χ1n) is 10.0. The maximum Gasteiger partial charge on any atom is 0.244 e. The Balaban J connectivity index is 1.97. The van der Waals surface area contributed by atoms with Gasteiger partial charge < -0.3 is 14.2 Å². The summed E-state index contributed by atoms with van der Waals surface area (Å²) in [4.78, 5) is 0. The Morgan fingerprint density at radius 3 is 2.19 bits per heavy atom. The van der Waals surface area contributed by atoms with Crippen molar-refractivity contribution in [3.05, 3.63) is 64.7 Å². The van der Waals surface area contributed by atoms with Crippen molar-refractivity contribution in [2.45, 2.75) is 25.7 Å². The maximum atomic E-state index is 10.3. The average Bonchev–Trinajstić information content (AvgIpc) is 2.96. The van der Waals surface area contributed by atoms with Gasteiger partial charge in [0, 0.05) is 10.6 Å². The van der Waals surface area contributed by atoms with E-state index in [2.05, 4.69) is 6.07 Å². The smallest absolute Gasteiger partial charge is 0.244 e. The monoisotopic (exact) mass is 446 g/mol. The van der Waals surface area contributed by atoms with Crippen molar-refractivity contribution in [2.24, 2.45) is 16.7 Å². The van der Waals surface area contributed by atoms with E-state index in [-0.39, 0.29) is 0 Å². The van der Waals surface area contributed by atoms with Crippen molar-refractivity contribution in [1.29, 1.82) is 21.2 Å². The number of nitrogens with zero attached hydrogens (tertiary/aromatic N) is 3. The molecule has 0 saturated carbocycles. The molecule has 2 aromatic carbocycles. The van der Waals surface area contributed by atoms with Crippen LogP contribution in [0.25, 0.3) is 0 Å². The van der Waals surface area contributed by atoms with Crippen LogP contribution in [0.2, 0.25) is 5.02 Å². The fourth-order valence-electron chi connectivity index (χ4n) is 4.76. The molecule has 4 rings (SSSR count). The molecule has 7 nitrogen and oxygen atoms in total. The molecule has 4 unspecified atom stereocenters. The van der Waals surface area contributed by atoms with Gasteiger partial charge in [0.2, 0.25) is 17.1 Å². The zero-order valence-corrected chi connectivity index (χ0v) is 18.2. The normalized spacial score (nSPS) is 29.8. The van der Waals surface area contributed by atoms with E-state index in [0.29, 0.717) is 28.5 Å². The second kappa shape index (κ2) is 7.53. The highest BCUT2D eigenvalue weighted by atomic mass is 35.5. The minimum absolute atomic E-state index is 0.459. The van der Waals surface area contributed by atoms with E-state index in [1.54, 1.807) is 55.5 Å². The second-order valence-electron chi connectivity index (χ2n) is 7.78. The summed E-state index contributed by atoms with van der Waals surface area (Å²) in [5.74, 6) is -2.21. The van der Waals surface area contributed by atoms with Gasteiger partial charge in [-0.3, -0.25) is 5.41 Å². The van der Waals surface area contributed by atoms with Crippen LogP contribution >= 0.6 is 11.6 Å². The lowest BCUT2D eigenvalue weighted by Crippen LogP contribution is -2.57. The fourth-order valence-corrected chi connectivity index (χ4v) is 4.88. The lowest BCUT2D eigenvalue weighted by atomic mass is 9.53. The molecule has 160 valence electrons. The van der Waals surface area contributed by atoms with Crippen LogP contribution in [-0.4, -0.2) is 12.5 Å². The van der Waals surface area contributed by atoms with Crippen LogP contribution in [0.1, 0.15) is 31.1 Å². The molecule has 2 aliphatic rings. The van der Waals surface area contributed by atoms with E-state index in [1.165, 1.54) is 0 Å². The first-order chi connectivity index (χ1) is 15.3. The summed E-state index contributed by atoms with van der Waals surface area (Å²) >= 11 is 6.05. The highest BCUT2D eigenvalue weighted by Gasteiger charge is 2.79. The third-order valence-corrected chi connectivity index (χ3v) is 6.66. The van der Waals surface area contributed by atoms with Crippen LogP contribution < -0.4 is 4.74 Å². The maximum absolute atomic E-state index is 10.3. The summed E-state index contributed by atoms with van der Waals surface area (Å²) in [7, 11) is 0. The molecular formula is C24H19ClN4O3. The van der Waals surface area contributed by atoms with Crippen LogP contribution in [0.15, 0.2) is 48.5 Å². The number of fused-ring (bicyclic) bond motifs is 2. The van der Waals surface area contributed by atoms with Crippen LogP contribution in [0.3, 0.4) is 0 Å². The minimum Gasteiger partial charge on any atom is -0.494 e. The summed E-state index contributed by atoms with van der Waals surface area (Å²) in [6.45, 7) is 4.01. The summed E-state index contributed by atoms with van der Waals surface area (Å²) in [6.07, 6.45) is -1.16. The minimum atomic E-state index is -2.02. The second-order valence-corrected chi connectivity index (χ2v) is 8.22. The van der Waals surface area contributed by atoms with Crippen LogP contribution in [0, 0.1) is 56.2 Å². The first-order valence-corrected chi connectivity index (χ1v) is 10.4. The Bertz CT molecular complexity index is 1180. The van der Waals surface area contributed by atoms with E-state index in [9.17, 15) is 15.8 Å². The first kappa shape index (κ1) is 21.7. The molecule has 2 fully saturated rings. The molecule has 2 bridgehead atoms. The largest absolute Gasteiger partial charge is 0.494 e. The standard InChI is InChI=1S/C24H19ClN4O3/c1-3-30-19-10-4-16(5-11-19)20-22(12-26,13-27)23(14-28)15(2)24(31-20,32-21(23)29)17-6-8-18(25)9-7-17/h4-11,15,20,29H,3H2,1-2H3. The SMILES string of the molecule is CCOc1ccc(C2OC3(c4ccc(Cl)cc4)OC(=N)C(C#N)(C3C)C2(C#N)C#N)cc1. The predicted molar refractivity (Wildman–Crippen MR) is 114 cm³/mol. The van der Waals surface area contributed by atoms with Gasteiger partial charge in [0.15, 0.2) is 5.41 Å². The molecule has 2 aromatic rings. The van der Waals surface area contributed by atoms with E-state index in [0.717, 1.165) is 0 Å². The van der Waals surface area contributed by atoms with Gasteiger partial charge in [-0.1, -0.05) is 42.8 Å². The molecule has 0 aromatic heterocycles. The quantitative estimate of drug-likeness (QED) is 0.715. The molecule has 1 N–H and O–H groups in total. The molecule has 2 heterocycles. The third-order valence-electron chi connectivity index (χ3n) is 6.41. The summed E-state index contributed by atoms with van der Waals surface area (Å²) in [5, 5.41) is 39.9. The summed E-state index contributed by atoms with van der Waals surface area (Å²) in [5.41, 5.74) is -2.83. The van der Waals surface area contributed by atoms with Gasteiger partial charge in [0.25, 0.3) is 0 Å². The number of hydrogen-bond acceptors (Lipinski definition) is 7. The van der Waals surface area contributed by atoms with E-state index in [4.69, 9.17) is 31.2 Å². The molecule has 2 aliphatic heterocycles. The fraction of sp³-hybridized carbons (Fsp3) is 0.333. The molecule has 2 saturated heterocycles. The number of ether oxygens (including phenoxy) is 3. The van der Waals surface area contributed by atoms with E-state index >= 15 is 0 Å². The Labute approximate surface area is 190 Å². The lowest BCUT2D eigenvalue weighted by Gasteiger charge is -2.48. The van der Waals surface area contributed by atoms with Crippen molar-refractivity contribution in [3.8, 4) is 24.0 Å². The Kier molecular flexibility index (Phi) is 5.10. The molecule has 0 amide bonds. The van der Waals surface area contributed by atoms with Gasteiger partial charge in [-0.15, -0.1) is 0 Å². The number of nitrogens with one attached hydrogen (secondary N) is 1. The van der Waals surface area contributed by atoms with Gasteiger partial charge >= 0.3 is 0 Å². The highest BCUT2D eigenvalue weighted by Crippen LogP contribution is 2.68. The van der Waals surface area contributed by atoms with E-state index in [1.807, 2.05) is 19.1 Å². The molecule has 4 atom stereocenters. The molecular weight excluding hydrogens is 428 g/mol. The topological polar surface area (TPSA) is 123 Å². The van der Waals surface area contributed by atoms with Gasteiger partial charge in [0.1, 0.15) is 11.9 Å². The van der Waals surface area contributed by atoms with Gasteiger partial charge in [-0.25, -0.2) is 0 Å². The summed E-state index contributed by atoms with van der Waals surface area (Å²) < 4.78 is 17.9. The van der Waals surface area contributed by atoms with Gasteiger partial charge in [0.05, 0.1) is 30.7 Å². The number of hydrogen-bond donors (Lipinski definition) is 1. The van der Waals surface area contributed by atoms with Crippen molar-refractivity contribution in [1.82, 2.24) is 0 Å². The zero-order valence-electron chi connectivity index (χ0n) is 17.4. The van der Waals surface area contributed by atoms with E-state index < -0.39 is 34.5 Å². The molecule has 0 aliphatic carbocycles. The van der Waals surface area contributed by atoms with Crippen molar-refractivity contribution in [3.63, 3.8) is 0 Å². The average molecular weight is 447 g/mol. The molecule has 0 spiro atoms. The van der Waals surface area contributed by atoms with Crippen LogP contribution in [0.5, 0.6) is 5.75 Å².